The first kappa shape index (κ1) is 14.7. The smallest absolute Gasteiger partial charge is 0.319 e. The van der Waals surface area contributed by atoms with Crippen LogP contribution in [0.1, 0.15) is 5.56 Å². The highest BCUT2D eigenvalue weighted by atomic mass is 16.5. The SMILES string of the molecule is COc1cccc(CN2CCN(C(=O)N(C)C)CC2)c1. The number of ether oxygens (including phenoxy) is 1. The Balaban J connectivity index is 1.86. The fraction of sp³-hybridized carbons (Fsp3) is 0.533. The molecule has 0 atom stereocenters. The van der Waals surface area contributed by atoms with Crippen LogP contribution in [0, 0.1) is 0 Å². The molecule has 0 aliphatic carbocycles. The van der Waals surface area contributed by atoms with Crippen molar-refractivity contribution >= 4 is 6.03 Å². The van der Waals surface area contributed by atoms with Crippen LogP contribution in [0.2, 0.25) is 0 Å². The number of nitrogens with zero attached hydrogens (tertiary/aromatic N) is 3. The minimum atomic E-state index is 0.103. The van der Waals surface area contributed by atoms with Crippen molar-refractivity contribution in [3.05, 3.63) is 29.8 Å². The van der Waals surface area contributed by atoms with E-state index in [1.165, 1.54) is 5.56 Å². The summed E-state index contributed by atoms with van der Waals surface area (Å²) >= 11 is 0. The van der Waals surface area contributed by atoms with Crippen LogP contribution < -0.4 is 4.74 Å². The van der Waals surface area contributed by atoms with Gasteiger partial charge in [0.15, 0.2) is 0 Å². The van der Waals surface area contributed by atoms with E-state index in [0.717, 1.165) is 38.5 Å². The molecule has 0 radical (unpaired) electrons. The molecule has 0 saturated carbocycles. The van der Waals surface area contributed by atoms with Gasteiger partial charge in [0, 0.05) is 46.8 Å². The third-order valence-corrected chi connectivity index (χ3v) is 3.57. The Hall–Kier alpha value is -1.75. The highest BCUT2D eigenvalue weighted by Gasteiger charge is 2.21. The Kier molecular flexibility index (Phi) is 4.84. The molecule has 1 aromatic rings. The van der Waals surface area contributed by atoms with Crippen LogP contribution in [-0.4, -0.2) is 68.1 Å². The number of amides is 2. The van der Waals surface area contributed by atoms with E-state index in [2.05, 4.69) is 17.0 Å². The number of benzene rings is 1. The molecular formula is C15H23N3O2. The molecule has 5 nitrogen and oxygen atoms in total. The van der Waals surface area contributed by atoms with Crippen molar-refractivity contribution in [3.63, 3.8) is 0 Å². The number of carbonyl (C=O) groups is 1. The zero-order valence-electron chi connectivity index (χ0n) is 12.5. The van der Waals surface area contributed by atoms with Crippen LogP contribution in [0.4, 0.5) is 4.79 Å². The van der Waals surface area contributed by atoms with Gasteiger partial charge in [0.05, 0.1) is 7.11 Å². The summed E-state index contributed by atoms with van der Waals surface area (Å²) in [7, 11) is 5.28. The van der Waals surface area contributed by atoms with Crippen LogP contribution in [0.25, 0.3) is 0 Å². The van der Waals surface area contributed by atoms with Crippen molar-refractivity contribution in [1.29, 1.82) is 0 Å². The fourth-order valence-electron chi connectivity index (χ4n) is 2.41. The van der Waals surface area contributed by atoms with Gasteiger partial charge in [0.25, 0.3) is 0 Å². The molecule has 0 N–H and O–H groups in total. The minimum Gasteiger partial charge on any atom is -0.497 e. The maximum absolute atomic E-state index is 11.9. The topological polar surface area (TPSA) is 36.0 Å². The first-order valence-electron chi connectivity index (χ1n) is 6.91. The summed E-state index contributed by atoms with van der Waals surface area (Å²) in [6.45, 7) is 4.32. The molecule has 1 aromatic carbocycles. The molecule has 0 unspecified atom stereocenters. The monoisotopic (exact) mass is 277 g/mol. The molecule has 0 bridgehead atoms. The lowest BCUT2D eigenvalue weighted by molar-refractivity contribution is 0.120. The van der Waals surface area contributed by atoms with Gasteiger partial charge in [-0.2, -0.15) is 0 Å². The van der Waals surface area contributed by atoms with Gasteiger partial charge in [-0.05, 0) is 17.7 Å². The van der Waals surface area contributed by atoms with Crippen LogP contribution in [0.5, 0.6) is 5.75 Å². The summed E-state index contributed by atoms with van der Waals surface area (Å²) in [4.78, 5) is 17.8. The summed E-state index contributed by atoms with van der Waals surface area (Å²) in [5.41, 5.74) is 1.25. The van der Waals surface area contributed by atoms with Crippen LogP contribution in [0.3, 0.4) is 0 Å². The van der Waals surface area contributed by atoms with E-state index in [0.29, 0.717) is 0 Å². The molecule has 1 saturated heterocycles. The quantitative estimate of drug-likeness (QED) is 0.840. The summed E-state index contributed by atoms with van der Waals surface area (Å²) in [6, 6.07) is 8.25. The second kappa shape index (κ2) is 6.61. The normalized spacial score (nSPS) is 16.1. The second-order valence-electron chi connectivity index (χ2n) is 5.29. The van der Waals surface area contributed by atoms with Crippen molar-refractivity contribution in [2.24, 2.45) is 0 Å². The maximum atomic E-state index is 11.9. The summed E-state index contributed by atoms with van der Waals surface area (Å²) in [6.07, 6.45) is 0. The Labute approximate surface area is 120 Å². The predicted octanol–water partition coefficient (Wildman–Crippen LogP) is 1.49. The zero-order valence-corrected chi connectivity index (χ0v) is 12.5. The molecule has 1 heterocycles. The van der Waals surface area contributed by atoms with Crippen molar-refractivity contribution in [2.75, 3.05) is 47.4 Å². The second-order valence-corrected chi connectivity index (χ2v) is 5.29. The van der Waals surface area contributed by atoms with E-state index in [-0.39, 0.29) is 6.03 Å². The molecule has 2 rings (SSSR count). The Morgan fingerprint density at radius 2 is 1.95 bits per heavy atom. The van der Waals surface area contributed by atoms with Crippen LogP contribution in [-0.2, 0) is 6.54 Å². The van der Waals surface area contributed by atoms with Gasteiger partial charge in [0.2, 0.25) is 0 Å². The van der Waals surface area contributed by atoms with E-state index in [1.54, 1.807) is 26.1 Å². The molecule has 110 valence electrons. The number of piperazine rings is 1. The molecule has 1 aliphatic heterocycles. The number of methoxy groups -OCH3 is 1. The lowest BCUT2D eigenvalue weighted by atomic mass is 10.2. The summed E-state index contributed by atoms with van der Waals surface area (Å²) in [5, 5.41) is 0. The Morgan fingerprint density at radius 3 is 2.55 bits per heavy atom. The van der Waals surface area contributed by atoms with Crippen LogP contribution in [0.15, 0.2) is 24.3 Å². The Morgan fingerprint density at radius 1 is 1.25 bits per heavy atom. The van der Waals surface area contributed by atoms with Gasteiger partial charge < -0.3 is 14.5 Å². The summed E-state index contributed by atoms with van der Waals surface area (Å²) < 4.78 is 5.24. The third-order valence-electron chi connectivity index (χ3n) is 3.57. The highest BCUT2D eigenvalue weighted by molar-refractivity contribution is 5.73. The standard InChI is InChI=1S/C15H23N3O2/c1-16(2)15(19)18-9-7-17(8-10-18)12-13-5-4-6-14(11-13)20-3/h4-6,11H,7-10,12H2,1-3H3. The number of rotatable bonds is 3. The Bertz CT molecular complexity index is 454. The number of hydrogen-bond acceptors (Lipinski definition) is 3. The largest absolute Gasteiger partial charge is 0.497 e. The van der Waals surface area contributed by atoms with Crippen molar-refractivity contribution in [1.82, 2.24) is 14.7 Å². The first-order chi connectivity index (χ1) is 9.60. The van der Waals surface area contributed by atoms with E-state index >= 15 is 0 Å². The van der Waals surface area contributed by atoms with Crippen LogP contribution >= 0.6 is 0 Å². The lowest BCUT2D eigenvalue weighted by Gasteiger charge is -2.36. The van der Waals surface area contributed by atoms with Gasteiger partial charge >= 0.3 is 6.03 Å². The molecule has 0 spiro atoms. The minimum absolute atomic E-state index is 0.103. The molecule has 0 aromatic heterocycles. The zero-order chi connectivity index (χ0) is 14.5. The first-order valence-corrected chi connectivity index (χ1v) is 6.91. The van der Waals surface area contributed by atoms with Gasteiger partial charge in [-0.1, -0.05) is 12.1 Å². The van der Waals surface area contributed by atoms with Crippen molar-refractivity contribution in [2.45, 2.75) is 6.54 Å². The van der Waals surface area contributed by atoms with Crippen molar-refractivity contribution < 1.29 is 9.53 Å². The highest BCUT2D eigenvalue weighted by Crippen LogP contribution is 2.15. The van der Waals surface area contributed by atoms with Crippen molar-refractivity contribution in [3.8, 4) is 5.75 Å². The van der Waals surface area contributed by atoms with E-state index in [4.69, 9.17) is 4.74 Å². The number of hydrogen-bond donors (Lipinski definition) is 0. The molecule has 1 fully saturated rings. The van der Waals surface area contributed by atoms with Gasteiger partial charge in [-0.15, -0.1) is 0 Å². The summed E-state index contributed by atoms with van der Waals surface area (Å²) in [5.74, 6) is 0.893. The van der Waals surface area contributed by atoms with Gasteiger partial charge in [0.1, 0.15) is 5.75 Å². The predicted molar refractivity (Wildman–Crippen MR) is 78.9 cm³/mol. The average Bonchev–Trinajstić information content (AvgIpc) is 2.47. The van der Waals surface area contributed by atoms with E-state index in [9.17, 15) is 4.79 Å². The molecule has 2 amide bonds. The third kappa shape index (κ3) is 3.63. The van der Waals surface area contributed by atoms with Gasteiger partial charge in [-0.25, -0.2) is 4.79 Å². The lowest BCUT2D eigenvalue weighted by Crippen LogP contribution is -2.51. The van der Waals surface area contributed by atoms with E-state index < -0.39 is 0 Å². The molecule has 20 heavy (non-hydrogen) atoms. The number of carbonyl (C=O) groups excluding carboxylic acids is 1. The van der Waals surface area contributed by atoms with Gasteiger partial charge in [-0.3, -0.25) is 4.90 Å². The molecule has 1 aliphatic rings. The fourth-order valence-corrected chi connectivity index (χ4v) is 2.41. The molecule has 5 heteroatoms. The maximum Gasteiger partial charge on any atom is 0.319 e. The van der Waals surface area contributed by atoms with E-state index in [1.807, 2.05) is 17.0 Å². The average molecular weight is 277 g/mol. The number of urea groups is 1. The molecular weight excluding hydrogens is 254 g/mol.